The van der Waals surface area contributed by atoms with Crippen molar-refractivity contribution in [3.63, 3.8) is 0 Å². The maximum Gasteiger partial charge on any atom is 0.160 e. The predicted octanol–water partition coefficient (Wildman–Crippen LogP) is 4.52. The van der Waals surface area contributed by atoms with E-state index < -0.39 is 0 Å². The van der Waals surface area contributed by atoms with Crippen molar-refractivity contribution in [3.05, 3.63) is 44.8 Å². The molecule has 0 fully saturated rings. The molecule has 2 aromatic heterocycles. The van der Waals surface area contributed by atoms with Gasteiger partial charge in [-0.05, 0) is 36.7 Å². The van der Waals surface area contributed by atoms with Crippen LogP contribution in [0.25, 0.3) is 0 Å². The summed E-state index contributed by atoms with van der Waals surface area (Å²) in [4.78, 5) is 21.0. The first-order valence-electron chi connectivity index (χ1n) is 4.67. The Bertz CT molecular complexity index is 403. The van der Waals surface area contributed by atoms with Crippen LogP contribution in [0.1, 0.15) is 34.6 Å². The van der Waals surface area contributed by atoms with Crippen LogP contribution in [0.3, 0.4) is 0 Å². The minimum Gasteiger partial charge on any atom is -0.294 e. The van der Waals surface area contributed by atoms with E-state index in [1.807, 2.05) is 33.7 Å². The zero-order valence-corrected chi connectivity index (χ0v) is 13.5. The smallest absolute Gasteiger partial charge is 0.160 e. The predicted molar refractivity (Wildman–Crippen MR) is 84.1 cm³/mol. The largest absolute Gasteiger partial charge is 0.294 e. The first-order valence-corrected chi connectivity index (χ1v) is 6.56. The van der Waals surface area contributed by atoms with Gasteiger partial charge in [-0.3, -0.25) is 9.59 Å². The van der Waals surface area contributed by atoms with Crippen LogP contribution in [0.4, 0.5) is 0 Å². The van der Waals surface area contributed by atoms with Crippen molar-refractivity contribution in [2.24, 2.45) is 0 Å². The summed E-state index contributed by atoms with van der Waals surface area (Å²) < 4.78 is 0. The van der Waals surface area contributed by atoms with Gasteiger partial charge in [0, 0.05) is 21.9 Å². The number of hydrogen-bond acceptors (Lipinski definition) is 4. The van der Waals surface area contributed by atoms with Gasteiger partial charge in [0.2, 0.25) is 0 Å². The van der Waals surface area contributed by atoms with Gasteiger partial charge in [0.1, 0.15) is 0 Å². The van der Waals surface area contributed by atoms with Crippen LogP contribution in [-0.2, 0) is 0 Å². The minimum atomic E-state index is 0. The van der Waals surface area contributed by atoms with Gasteiger partial charge >= 0.3 is 0 Å². The number of ketones is 2. The molecule has 0 amide bonds. The molecule has 0 atom stereocenters. The van der Waals surface area contributed by atoms with Crippen molar-refractivity contribution in [2.45, 2.75) is 13.8 Å². The maximum atomic E-state index is 10.5. The van der Waals surface area contributed by atoms with Gasteiger partial charge < -0.3 is 0 Å². The van der Waals surface area contributed by atoms with Gasteiger partial charge in [-0.25, -0.2) is 0 Å². The van der Waals surface area contributed by atoms with Gasteiger partial charge in [0.25, 0.3) is 0 Å². The van der Waals surface area contributed by atoms with Gasteiger partial charge in [-0.15, -0.1) is 24.0 Å². The molecule has 0 aliphatic heterocycles. The Labute approximate surface area is 126 Å². The molecule has 0 saturated heterocycles. The van der Waals surface area contributed by atoms with E-state index in [0.29, 0.717) is 0 Å². The molecule has 0 aliphatic rings. The lowest BCUT2D eigenvalue weighted by molar-refractivity contribution is 0.101. The van der Waals surface area contributed by atoms with Crippen LogP contribution in [0, 0.1) is 0 Å². The number of carbonyl (C=O) groups is 2. The van der Waals surface area contributed by atoms with E-state index in [1.165, 1.54) is 0 Å². The summed E-state index contributed by atoms with van der Waals surface area (Å²) in [7, 11) is 0. The van der Waals surface area contributed by atoms with E-state index in [9.17, 15) is 9.59 Å². The minimum absolute atomic E-state index is 0. The van der Waals surface area contributed by atoms with E-state index in [0.717, 1.165) is 11.1 Å². The van der Waals surface area contributed by atoms with Crippen LogP contribution in [0.5, 0.6) is 0 Å². The Morgan fingerprint density at radius 2 is 1.24 bits per heavy atom. The fourth-order valence-electron chi connectivity index (χ4n) is 0.930. The van der Waals surface area contributed by atoms with E-state index >= 15 is 0 Å². The highest BCUT2D eigenvalue weighted by atomic mass is 127. The van der Waals surface area contributed by atoms with Crippen molar-refractivity contribution in [2.75, 3.05) is 0 Å². The first kappa shape index (κ1) is 16.5. The molecule has 2 nitrogen and oxygen atoms in total. The van der Waals surface area contributed by atoms with Gasteiger partial charge in [0.15, 0.2) is 11.6 Å². The Hall–Kier alpha value is -0.530. The van der Waals surface area contributed by atoms with Crippen molar-refractivity contribution in [3.8, 4) is 0 Å². The zero-order valence-electron chi connectivity index (χ0n) is 9.51. The molecule has 0 spiro atoms. The molecule has 17 heavy (non-hydrogen) atoms. The third-order valence-corrected chi connectivity index (χ3v) is 3.22. The molecule has 0 bridgehead atoms. The summed E-state index contributed by atoms with van der Waals surface area (Å²) in [6.07, 6.45) is 0. The van der Waals surface area contributed by atoms with Gasteiger partial charge in [-0.1, -0.05) is 0 Å². The zero-order chi connectivity index (χ0) is 12.0. The summed E-state index contributed by atoms with van der Waals surface area (Å²) >= 11 is 3.09. The molecule has 2 rings (SSSR count). The van der Waals surface area contributed by atoms with Gasteiger partial charge in [0.05, 0.1) is 0 Å². The van der Waals surface area contributed by atoms with Crippen molar-refractivity contribution >= 4 is 58.2 Å². The normalized spacial score (nSPS) is 8.59. The average Bonchev–Trinajstić information content (AvgIpc) is 2.93. The molecule has 0 unspecified atom stereocenters. The fraction of sp³-hybridized carbons (Fsp3) is 0.167. The number of rotatable bonds is 2. The van der Waals surface area contributed by atoms with Gasteiger partial charge in [-0.2, -0.15) is 22.7 Å². The van der Waals surface area contributed by atoms with E-state index in [2.05, 4.69) is 0 Å². The standard InChI is InChI=1S/2C6H6OS.HI/c2*1-5(7)6-2-3-8-4-6;/h2*2-4H,1H3;1H. The third-order valence-electron chi connectivity index (χ3n) is 1.86. The number of thiophene rings is 2. The molecule has 0 saturated carbocycles. The van der Waals surface area contributed by atoms with Crippen LogP contribution in [0.15, 0.2) is 33.7 Å². The third kappa shape index (κ3) is 6.09. The lowest BCUT2D eigenvalue weighted by Gasteiger charge is -1.79. The average molecular weight is 380 g/mol. The highest BCUT2D eigenvalue weighted by Gasteiger charge is 1.95. The Morgan fingerprint density at radius 1 is 0.882 bits per heavy atom. The highest BCUT2D eigenvalue weighted by Crippen LogP contribution is 2.05. The Balaban J connectivity index is 0.000000284. The fourth-order valence-corrected chi connectivity index (χ4v) is 2.32. The van der Waals surface area contributed by atoms with Crippen LogP contribution >= 0.6 is 46.7 Å². The number of hydrogen-bond donors (Lipinski definition) is 0. The molecule has 0 aliphatic carbocycles. The lowest BCUT2D eigenvalue weighted by atomic mass is 10.2. The van der Waals surface area contributed by atoms with Crippen molar-refractivity contribution in [1.82, 2.24) is 0 Å². The van der Waals surface area contributed by atoms with E-state index in [1.54, 1.807) is 36.5 Å². The molecule has 92 valence electrons. The van der Waals surface area contributed by atoms with Crippen molar-refractivity contribution < 1.29 is 9.59 Å². The van der Waals surface area contributed by atoms with Crippen LogP contribution in [0.2, 0.25) is 0 Å². The molecular formula is C12H13IO2S2. The number of carbonyl (C=O) groups excluding carboxylic acids is 2. The topological polar surface area (TPSA) is 34.1 Å². The van der Waals surface area contributed by atoms with Crippen molar-refractivity contribution in [1.29, 1.82) is 0 Å². The molecular weight excluding hydrogens is 367 g/mol. The molecule has 0 N–H and O–H groups in total. The molecule has 2 heterocycles. The second-order valence-corrected chi connectivity index (χ2v) is 4.70. The first-order chi connectivity index (χ1) is 7.61. The van der Waals surface area contributed by atoms with E-state index in [4.69, 9.17) is 0 Å². The molecule has 2 aromatic rings. The van der Waals surface area contributed by atoms with Crippen LogP contribution in [-0.4, -0.2) is 11.6 Å². The second-order valence-electron chi connectivity index (χ2n) is 3.14. The van der Waals surface area contributed by atoms with Crippen LogP contribution < -0.4 is 0 Å². The summed E-state index contributed by atoms with van der Waals surface area (Å²) in [6, 6.07) is 3.65. The Morgan fingerprint density at radius 3 is 1.35 bits per heavy atom. The summed E-state index contributed by atoms with van der Waals surface area (Å²) in [5, 5.41) is 7.50. The Kier molecular flexibility index (Phi) is 8.28. The maximum absolute atomic E-state index is 10.5. The summed E-state index contributed by atoms with van der Waals surface area (Å²) in [6.45, 7) is 3.14. The summed E-state index contributed by atoms with van der Waals surface area (Å²) in [5.41, 5.74) is 1.63. The highest BCUT2D eigenvalue weighted by molar-refractivity contribution is 14.0. The lowest BCUT2D eigenvalue weighted by Crippen LogP contribution is -1.85. The second kappa shape index (κ2) is 8.54. The van der Waals surface area contributed by atoms with E-state index in [-0.39, 0.29) is 35.5 Å². The number of halogens is 1. The number of Topliss-reactive ketones (excluding diaryl/α,β-unsaturated/α-hetero) is 2. The monoisotopic (exact) mass is 380 g/mol. The molecule has 0 radical (unpaired) electrons. The molecule has 5 heteroatoms. The molecule has 0 aromatic carbocycles. The SMILES string of the molecule is CC(=O)c1ccsc1.CC(=O)c1ccsc1.I. The quantitative estimate of drug-likeness (QED) is 0.567. The summed E-state index contributed by atoms with van der Waals surface area (Å²) in [5.74, 6) is 0.289.